The average Bonchev–Trinajstić information content (AvgIpc) is 1.75. The van der Waals surface area contributed by atoms with E-state index in [-0.39, 0.29) is 5.96 Å². The summed E-state index contributed by atoms with van der Waals surface area (Å²) >= 11 is 0. The maximum Gasteiger partial charge on any atom is 0.211 e. The molecule has 0 spiro atoms. The SMILES string of the molecule is NC(N)=N/N=C/C1CCC1. The molecule has 0 unspecified atom stereocenters. The van der Waals surface area contributed by atoms with Gasteiger partial charge in [0.15, 0.2) is 0 Å². The number of hydrogen-bond acceptors (Lipinski definition) is 2. The monoisotopic (exact) mass is 140 g/mol. The molecule has 56 valence electrons. The molecule has 0 saturated heterocycles. The predicted octanol–water partition coefficient (Wildman–Crippen LogP) is 0.0457. The second-order valence-corrected chi connectivity index (χ2v) is 2.48. The second-order valence-electron chi connectivity index (χ2n) is 2.48. The van der Waals surface area contributed by atoms with Crippen molar-refractivity contribution in [3.8, 4) is 0 Å². The van der Waals surface area contributed by atoms with Crippen LogP contribution in [0.1, 0.15) is 19.3 Å². The van der Waals surface area contributed by atoms with Crippen LogP contribution in [0.15, 0.2) is 10.2 Å². The molecule has 0 aromatic rings. The van der Waals surface area contributed by atoms with E-state index in [4.69, 9.17) is 11.5 Å². The average molecular weight is 140 g/mol. The van der Waals surface area contributed by atoms with E-state index in [1.54, 1.807) is 0 Å². The fraction of sp³-hybridized carbons (Fsp3) is 0.667. The van der Waals surface area contributed by atoms with E-state index in [2.05, 4.69) is 10.2 Å². The number of guanidine groups is 1. The molecule has 0 bridgehead atoms. The molecule has 10 heavy (non-hydrogen) atoms. The van der Waals surface area contributed by atoms with Crippen molar-refractivity contribution >= 4 is 12.2 Å². The lowest BCUT2D eigenvalue weighted by atomic mass is 9.87. The van der Waals surface area contributed by atoms with Crippen molar-refractivity contribution < 1.29 is 0 Å². The van der Waals surface area contributed by atoms with Crippen LogP contribution in [-0.4, -0.2) is 12.2 Å². The Kier molecular flexibility index (Phi) is 2.25. The Bertz CT molecular complexity index is 153. The first-order valence-electron chi connectivity index (χ1n) is 3.41. The van der Waals surface area contributed by atoms with Crippen LogP contribution in [0.3, 0.4) is 0 Å². The van der Waals surface area contributed by atoms with Gasteiger partial charge >= 0.3 is 0 Å². The molecule has 1 aliphatic carbocycles. The normalized spacial score (nSPS) is 18.8. The molecule has 0 radical (unpaired) electrons. The number of nitrogens with two attached hydrogens (primary N) is 2. The van der Waals surface area contributed by atoms with Gasteiger partial charge in [-0.3, -0.25) is 0 Å². The summed E-state index contributed by atoms with van der Waals surface area (Å²) in [5.74, 6) is 0.638. The Hall–Kier alpha value is -1.06. The van der Waals surface area contributed by atoms with Crippen LogP contribution in [0.2, 0.25) is 0 Å². The van der Waals surface area contributed by atoms with E-state index >= 15 is 0 Å². The highest BCUT2D eigenvalue weighted by atomic mass is 15.3. The summed E-state index contributed by atoms with van der Waals surface area (Å²) in [6.07, 6.45) is 5.56. The van der Waals surface area contributed by atoms with Gasteiger partial charge in [0, 0.05) is 6.21 Å². The van der Waals surface area contributed by atoms with Crippen LogP contribution >= 0.6 is 0 Å². The molecule has 1 fully saturated rings. The molecule has 0 aromatic heterocycles. The Balaban J connectivity index is 2.22. The summed E-state index contributed by atoms with van der Waals surface area (Å²) in [5.41, 5.74) is 10.1. The van der Waals surface area contributed by atoms with E-state index in [1.807, 2.05) is 6.21 Å². The third-order valence-electron chi connectivity index (χ3n) is 1.60. The summed E-state index contributed by atoms with van der Waals surface area (Å²) in [5, 5.41) is 7.19. The summed E-state index contributed by atoms with van der Waals surface area (Å²) < 4.78 is 0. The first-order valence-corrected chi connectivity index (χ1v) is 3.41. The summed E-state index contributed by atoms with van der Waals surface area (Å²) in [6.45, 7) is 0. The summed E-state index contributed by atoms with van der Waals surface area (Å²) in [7, 11) is 0. The van der Waals surface area contributed by atoms with Gasteiger partial charge in [-0.25, -0.2) is 0 Å². The molecule has 4 heteroatoms. The molecular weight excluding hydrogens is 128 g/mol. The number of rotatable bonds is 2. The molecule has 0 aliphatic heterocycles. The number of hydrogen-bond donors (Lipinski definition) is 2. The van der Waals surface area contributed by atoms with Crippen molar-refractivity contribution in [3.05, 3.63) is 0 Å². The van der Waals surface area contributed by atoms with Crippen LogP contribution in [0.4, 0.5) is 0 Å². The van der Waals surface area contributed by atoms with E-state index in [9.17, 15) is 0 Å². The highest BCUT2D eigenvalue weighted by Crippen LogP contribution is 2.23. The zero-order valence-electron chi connectivity index (χ0n) is 5.83. The first kappa shape index (κ1) is 7.05. The quantitative estimate of drug-likeness (QED) is 0.323. The van der Waals surface area contributed by atoms with Gasteiger partial charge in [0.2, 0.25) is 5.96 Å². The van der Waals surface area contributed by atoms with E-state index in [1.165, 1.54) is 19.3 Å². The largest absolute Gasteiger partial charge is 0.369 e. The minimum Gasteiger partial charge on any atom is -0.369 e. The highest BCUT2D eigenvalue weighted by Gasteiger charge is 2.14. The smallest absolute Gasteiger partial charge is 0.211 e. The standard InChI is InChI=1S/C6H12N4/c7-6(8)10-9-4-5-2-1-3-5/h4-5H,1-3H2,(H4,7,8,10)/b9-4+. The molecule has 1 rings (SSSR count). The molecule has 0 aromatic carbocycles. The van der Waals surface area contributed by atoms with Gasteiger partial charge in [-0.2, -0.15) is 5.10 Å². The van der Waals surface area contributed by atoms with Crippen LogP contribution in [0.5, 0.6) is 0 Å². The van der Waals surface area contributed by atoms with Crippen molar-refractivity contribution in [2.24, 2.45) is 27.6 Å². The highest BCUT2D eigenvalue weighted by molar-refractivity contribution is 5.76. The van der Waals surface area contributed by atoms with Gasteiger partial charge in [-0.15, -0.1) is 5.10 Å². The molecule has 1 saturated carbocycles. The minimum absolute atomic E-state index is 0.0237. The topological polar surface area (TPSA) is 76.8 Å². The molecule has 0 amide bonds. The Labute approximate surface area is 60.0 Å². The lowest BCUT2D eigenvalue weighted by Crippen LogP contribution is -2.22. The maximum atomic E-state index is 5.05. The van der Waals surface area contributed by atoms with E-state index < -0.39 is 0 Å². The molecule has 4 N–H and O–H groups in total. The Morgan fingerprint density at radius 3 is 2.50 bits per heavy atom. The van der Waals surface area contributed by atoms with Crippen molar-refractivity contribution in [2.45, 2.75) is 19.3 Å². The minimum atomic E-state index is 0.0237. The molecule has 0 atom stereocenters. The Morgan fingerprint density at radius 1 is 1.40 bits per heavy atom. The van der Waals surface area contributed by atoms with Crippen LogP contribution < -0.4 is 11.5 Å². The van der Waals surface area contributed by atoms with Crippen LogP contribution in [-0.2, 0) is 0 Å². The lowest BCUT2D eigenvalue weighted by molar-refractivity contribution is 0.420. The van der Waals surface area contributed by atoms with Gasteiger partial charge in [0.25, 0.3) is 0 Å². The Morgan fingerprint density at radius 2 is 2.10 bits per heavy atom. The first-order chi connectivity index (χ1) is 4.79. The molecular formula is C6H12N4. The fourth-order valence-corrected chi connectivity index (χ4v) is 0.783. The second kappa shape index (κ2) is 3.20. The van der Waals surface area contributed by atoms with Gasteiger partial charge in [-0.1, -0.05) is 6.42 Å². The summed E-state index contributed by atoms with van der Waals surface area (Å²) in [6, 6.07) is 0. The fourth-order valence-electron chi connectivity index (χ4n) is 0.783. The lowest BCUT2D eigenvalue weighted by Gasteiger charge is -2.19. The molecule has 4 nitrogen and oxygen atoms in total. The molecule has 0 heterocycles. The van der Waals surface area contributed by atoms with E-state index in [0.29, 0.717) is 5.92 Å². The van der Waals surface area contributed by atoms with Gasteiger partial charge in [0.1, 0.15) is 0 Å². The van der Waals surface area contributed by atoms with Crippen molar-refractivity contribution in [2.75, 3.05) is 0 Å². The third kappa shape index (κ3) is 2.05. The number of nitrogens with zero attached hydrogens (tertiary/aromatic N) is 2. The van der Waals surface area contributed by atoms with Crippen LogP contribution in [0, 0.1) is 5.92 Å². The van der Waals surface area contributed by atoms with Gasteiger partial charge < -0.3 is 11.5 Å². The van der Waals surface area contributed by atoms with Crippen molar-refractivity contribution in [1.82, 2.24) is 0 Å². The summed E-state index contributed by atoms with van der Waals surface area (Å²) in [4.78, 5) is 0. The van der Waals surface area contributed by atoms with Crippen LogP contribution in [0.25, 0.3) is 0 Å². The third-order valence-corrected chi connectivity index (χ3v) is 1.60. The van der Waals surface area contributed by atoms with E-state index in [0.717, 1.165) is 0 Å². The van der Waals surface area contributed by atoms with Crippen molar-refractivity contribution in [1.29, 1.82) is 0 Å². The molecule has 1 aliphatic rings. The van der Waals surface area contributed by atoms with Gasteiger partial charge in [0.05, 0.1) is 0 Å². The zero-order chi connectivity index (χ0) is 7.40. The maximum absolute atomic E-state index is 5.05. The van der Waals surface area contributed by atoms with Gasteiger partial charge in [-0.05, 0) is 18.8 Å². The predicted molar refractivity (Wildman–Crippen MR) is 41.6 cm³/mol. The zero-order valence-corrected chi connectivity index (χ0v) is 5.83. The van der Waals surface area contributed by atoms with Crippen molar-refractivity contribution in [3.63, 3.8) is 0 Å².